The molecule has 0 radical (unpaired) electrons. The summed E-state index contributed by atoms with van der Waals surface area (Å²) in [6, 6.07) is 0.619. The van der Waals surface area contributed by atoms with Crippen LogP contribution in [0.3, 0.4) is 0 Å². The standard InChI is InChI=1S/C42H68N2O4/c1-26(47-22-20-43-41-31(24-45)10-8-29-14-16-35-33-6-2-4-27(33)12-18-37(35)39(29)41)48-23-21-44-42-32(25-46)11-9-30-15-17-36-34-7-3-5-28(34)13-19-38(36)40(30)42/h24-44H,2-23H2,1H3/t26?,27-,28-,29+,30+,31?,32?,33+,34+,35-,36-,37-,38-,39-,40-,41?,42?/m0/s1. The van der Waals surface area contributed by atoms with E-state index >= 15 is 0 Å². The molecular formula is C42H68N2O4. The Kier molecular flexibility index (Phi) is 11.0. The lowest BCUT2D eigenvalue weighted by Gasteiger charge is -2.55. The van der Waals surface area contributed by atoms with E-state index in [1.54, 1.807) is 0 Å². The van der Waals surface area contributed by atoms with Crippen LogP contribution in [0.25, 0.3) is 0 Å². The monoisotopic (exact) mass is 665 g/mol. The third-order valence-electron chi connectivity index (χ3n) is 16.7. The highest BCUT2D eigenvalue weighted by Gasteiger charge is 2.54. The number of ether oxygens (including phenoxy) is 2. The average molecular weight is 665 g/mol. The minimum Gasteiger partial charge on any atom is -0.352 e. The quantitative estimate of drug-likeness (QED) is 0.128. The first-order valence-corrected chi connectivity index (χ1v) is 21.2. The van der Waals surface area contributed by atoms with Gasteiger partial charge in [0.25, 0.3) is 0 Å². The molecule has 8 rings (SSSR count). The van der Waals surface area contributed by atoms with E-state index in [-0.39, 0.29) is 18.1 Å². The van der Waals surface area contributed by atoms with Gasteiger partial charge in [0.2, 0.25) is 0 Å². The van der Waals surface area contributed by atoms with Crippen LogP contribution in [0.5, 0.6) is 0 Å². The lowest BCUT2D eigenvalue weighted by atomic mass is 9.51. The average Bonchev–Trinajstić information content (AvgIpc) is 3.81. The second-order valence-electron chi connectivity index (χ2n) is 18.4. The maximum atomic E-state index is 12.3. The summed E-state index contributed by atoms with van der Waals surface area (Å²) in [6.07, 6.45) is 26.9. The third-order valence-corrected chi connectivity index (χ3v) is 16.7. The van der Waals surface area contributed by atoms with Crippen LogP contribution in [-0.2, 0) is 19.1 Å². The second-order valence-corrected chi connectivity index (χ2v) is 18.4. The largest absolute Gasteiger partial charge is 0.352 e. The number of rotatable bonds is 12. The van der Waals surface area contributed by atoms with Crippen LogP contribution in [0.15, 0.2) is 0 Å². The molecule has 48 heavy (non-hydrogen) atoms. The molecule has 270 valence electrons. The molecule has 0 aromatic rings. The molecule has 0 saturated heterocycles. The van der Waals surface area contributed by atoms with Crippen molar-refractivity contribution in [2.24, 2.45) is 82.9 Å². The van der Waals surface area contributed by atoms with E-state index in [1.807, 2.05) is 6.92 Å². The van der Waals surface area contributed by atoms with Crippen LogP contribution in [0.1, 0.15) is 122 Å². The second kappa shape index (κ2) is 15.4. The summed E-state index contributed by atoms with van der Waals surface area (Å²) >= 11 is 0. The van der Waals surface area contributed by atoms with Crippen LogP contribution >= 0.6 is 0 Å². The van der Waals surface area contributed by atoms with Crippen molar-refractivity contribution in [3.63, 3.8) is 0 Å². The number of carbonyl (C=O) groups excluding carboxylic acids is 2. The smallest absolute Gasteiger partial charge is 0.154 e. The molecule has 8 aliphatic carbocycles. The van der Waals surface area contributed by atoms with E-state index in [2.05, 4.69) is 10.6 Å². The predicted molar refractivity (Wildman–Crippen MR) is 189 cm³/mol. The summed E-state index contributed by atoms with van der Waals surface area (Å²) in [4.78, 5) is 24.6. The molecule has 0 spiro atoms. The Labute approximate surface area is 291 Å². The molecule has 0 amide bonds. The van der Waals surface area contributed by atoms with Crippen LogP contribution in [0.2, 0.25) is 0 Å². The number of nitrogens with one attached hydrogen (secondary N) is 2. The van der Waals surface area contributed by atoms with E-state index in [0.717, 1.165) is 85.1 Å². The maximum Gasteiger partial charge on any atom is 0.154 e. The Morgan fingerprint density at radius 2 is 0.917 bits per heavy atom. The fourth-order valence-electron chi connectivity index (χ4n) is 14.9. The summed E-state index contributed by atoms with van der Waals surface area (Å²) in [7, 11) is 0. The molecule has 4 unspecified atom stereocenters. The Balaban J connectivity index is 0.801. The first kappa shape index (κ1) is 34.3. The third kappa shape index (κ3) is 6.65. The zero-order valence-corrected chi connectivity index (χ0v) is 30.2. The highest BCUT2D eigenvalue weighted by atomic mass is 16.7. The molecule has 8 aliphatic rings. The lowest BCUT2D eigenvalue weighted by Crippen LogP contribution is -2.56. The molecule has 0 bridgehead atoms. The number of fused-ring (bicyclic) bond motifs is 10. The van der Waals surface area contributed by atoms with Gasteiger partial charge in [-0.2, -0.15) is 0 Å². The number of carbonyl (C=O) groups is 2. The molecule has 0 aromatic carbocycles. The van der Waals surface area contributed by atoms with Gasteiger partial charge in [-0.3, -0.25) is 0 Å². The minimum absolute atomic E-state index is 0.147. The molecule has 8 fully saturated rings. The van der Waals surface area contributed by atoms with Crippen molar-refractivity contribution in [2.75, 3.05) is 26.3 Å². The highest BCUT2D eigenvalue weighted by Crippen LogP contribution is 2.60. The van der Waals surface area contributed by atoms with Crippen molar-refractivity contribution in [1.29, 1.82) is 0 Å². The summed E-state index contributed by atoms with van der Waals surface area (Å²) in [5.74, 6) is 10.6. The van der Waals surface area contributed by atoms with E-state index in [9.17, 15) is 9.59 Å². The van der Waals surface area contributed by atoms with Crippen LogP contribution in [0, 0.1) is 82.9 Å². The molecule has 0 heterocycles. The SMILES string of the molecule is CC(OCCNC1C(C=O)CC[C@@H]2CC[C@H]3[C@@H]4CCC[C@H]4CC[C@@H]3[C@@H]12)OCCNC1C(C=O)CC[C@@H]2CC[C@H]3[C@@H]4CCC[C@H]4CC[C@@H]3[C@@H]12. The Bertz CT molecular complexity index is 1000. The van der Waals surface area contributed by atoms with E-state index < -0.39 is 0 Å². The van der Waals surface area contributed by atoms with Gasteiger partial charge in [-0.05, 0) is 168 Å². The predicted octanol–water partition coefficient (Wildman–Crippen LogP) is 7.44. The van der Waals surface area contributed by atoms with Gasteiger partial charge in [0.05, 0.1) is 13.2 Å². The van der Waals surface area contributed by atoms with Crippen molar-refractivity contribution in [3.05, 3.63) is 0 Å². The zero-order chi connectivity index (χ0) is 32.6. The Morgan fingerprint density at radius 1 is 0.500 bits per heavy atom. The first-order chi connectivity index (χ1) is 23.6. The molecule has 8 saturated carbocycles. The van der Waals surface area contributed by atoms with Gasteiger partial charge in [-0.1, -0.05) is 25.7 Å². The van der Waals surface area contributed by atoms with Gasteiger partial charge in [0.15, 0.2) is 6.29 Å². The molecule has 0 aliphatic heterocycles. The van der Waals surface area contributed by atoms with E-state index in [1.165, 1.54) is 115 Å². The normalized spacial score (nSPS) is 48.6. The summed E-state index contributed by atoms with van der Waals surface area (Å²) < 4.78 is 12.4. The number of hydrogen-bond acceptors (Lipinski definition) is 6. The molecular weight excluding hydrogens is 596 g/mol. The molecule has 2 N–H and O–H groups in total. The van der Waals surface area contributed by atoms with Gasteiger partial charge >= 0.3 is 0 Å². The summed E-state index contributed by atoms with van der Waals surface area (Å²) in [6.45, 7) is 4.80. The molecule has 6 heteroatoms. The van der Waals surface area contributed by atoms with Gasteiger partial charge < -0.3 is 29.7 Å². The van der Waals surface area contributed by atoms with Gasteiger partial charge in [-0.15, -0.1) is 0 Å². The van der Waals surface area contributed by atoms with E-state index in [0.29, 0.717) is 37.1 Å². The fourth-order valence-corrected chi connectivity index (χ4v) is 14.9. The number of hydrogen-bond donors (Lipinski definition) is 2. The molecule has 0 aromatic heterocycles. The van der Waals surface area contributed by atoms with Crippen LogP contribution in [-0.4, -0.2) is 57.2 Å². The highest BCUT2D eigenvalue weighted by molar-refractivity contribution is 5.56. The zero-order valence-electron chi connectivity index (χ0n) is 30.2. The van der Waals surface area contributed by atoms with Crippen LogP contribution < -0.4 is 10.6 Å². The Morgan fingerprint density at radius 3 is 1.38 bits per heavy atom. The topological polar surface area (TPSA) is 76.7 Å². The minimum atomic E-state index is -0.260. The van der Waals surface area contributed by atoms with Gasteiger partial charge in [0, 0.05) is 37.0 Å². The summed E-state index contributed by atoms with van der Waals surface area (Å²) in [5, 5.41) is 7.79. The fraction of sp³-hybridized carbons (Fsp3) is 0.952. The van der Waals surface area contributed by atoms with Gasteiger partial charge in [0.1, 0.15) is 12.6 Å². The van der Waals surface area contributed by atoms with Crippen molar-refractivity contribution < 1.29 is 19.1 Å². The number of aldehydes is 2. The first-order valence-electron chi connectivity index (χ1n) is 21.2. The molecule has 6 nitrogen and oxygen atoms in total. The van der Waals surface area contributed by atoms with Gasteiger partial charge in [-0.25, -0.2) is 0 Å². The molecule has 16 atom stereocenters. The summed E-state index contributed by atoms with van der Waals surface area (Å²) in [5.41, 5.74) is 0. The van der Waals surface area contributed by atoms with Crippen molar-refractivity contribution in [2.45, 2.75) is 141 Å². The van der Waals surface area contributed by atoms with Crippen LogP contribution in [0.4, 0.5) is 0 Å². The van der Waals surface area contributed by atoms with E-state index in [4.69, 9.17) is 9.47 Å². The van der Waals surface area contributed by atoms with Crippen molar-refractivity contribution >= 4 is 12.6 Å². The van der Waals surface area contributed by atoms with Crippen molar-refractivity contribution in [3.8, 4) is 0 Å². The lowest BCUT2D eigenvalue weighted by molar-refractivity contribution is -0.132. The van der Waals surface area contributed by atoms with Crippen molar-refractivity contribution in [1.82, 2.24) is 10.6 Å². The maximum absolute atomic E-state index is 12.3. The Hall–Kier alpha value is -0.820.